The molecule has 0 fully saturated rings. The van der Waals surface area contributed by atoms with E-state index in [1.54, 1.807) is 17.4 Å². The first kappa shape index (κ1) is 60.1. The Morgan fingerprint density at radius 1 is 0.435 bits per heavy atom. The summed E-state index contributed by atoms with van der Waals surface area (Å²) in [5.74, 6) is 4.51. The number of aliphatic carboxylic acids is 1. The van der Waals surface area contributed by atoms with Gasteiger partial charge in [-0.15, -0.1) is 22.7 Å². The van der Waals surface area contributed by atoms with E-state index in [-0.39, 0.29) is 32.5 Å². The van der Waals surface area contributed by atoms with Crippen molar-refractivity contribution in [2.45, 2.75) is 157 Å². The third-order valence-electron chi connectivity index (χ3n) is 16.1. The number of H-pyrrole nitrogens is 2. The molecule has 432 valence electrons. The van der Waals surface area contributed by atoms with E-state index in [1.165, 1.54) is 44.7 Å². The first-order valence-corrected chi connectivity index (χ1v) is 31.0. The molecule has 0 radical (unpaired) electrons. The van der Waals surface area contributed by atoms with E-state index in [4.69, 9.17) is 9.97 Å². The highest BCUT2D eigenvalue weighted by Gasteiger charge is 2.28. The number of nitriles is 1. The fraction of sp³-hybridized carbons (Fsp3) is 0.316. The molecule has 3 aromatic carbocycles. The minimum absolute atomic E-state index is 0.127. The molecule has 0 aliphatic carbocycles. The third-order valence-corrected chi connectivity index (χ3v) is 18.4. The van der Waals surface area contributed by atoms with Crippen LogP contribution in [0.15, 0.2) is 115 Å². The molecular formula is C76H79N5O2S2. The molecule has 10 rings (SSSR count). The number of fused-ring (bicyclic) bond motifs is 8. The van der Waals surface area contributed by atoms with Crippen LogP contribution in [0, 0.1) is 23.2 Å². The van der Waals surface area contributed by atoms with Gasteiger partial charge in [-0.05, 0) is 155 Å². The number of nitrogens with zero attached hydrogens (tertiary/aromatic N) is 3. The molecule has 0 atom stereocenters. The van der Waals surface area contributed by atoms with Crippen LogP contribution < -0.4 is 0 Å². The normalized spacial score (nSPS) is 13.3. The average Bonchev–Trinajstić information content (AvgIpc) is 1.91. The minimum atomic E-state index is -1.30. The van der Waals surface area contributed by atoms with Crippen LogP contribution in [0.1, 0.15) is 186 Å². The zero-order valence-corrected chi connectivity index (χ0v) is 54.3. The van der Waals surface area contributed by atoms with Crippen LogP contribution in [0.3, 0.4) is 0 Å². The van der Waals surface area contributed by atoms with Crippen LogP contribution in [0.4, 0.5) is 0 Å². The van der Waals surface area contributed by atoms with Gasteiger partial charge in [0.25, 0.3) is 0 Å². The second-order valence-corrected chi connectivity index (χ2v) is 31.1. The van der Waals surface area contributed by atoms with Crippen molar-refractivity contribution in [1.29, 1.82) is 5.26 Å². The van der Waals surface area contributed by atoms with E-state index < -0.39 is 11.5 Å². The van der Waals surface area contributed by atoms with Gasteiger partial charge in [-0.1, -0.05) is 191 Å². The summed E-state index contributed by atoms with van der Waals surface area (Å²) in [6.45, 7) is 41.3. The number of carbonyl (C=O) groups is 1. The molecule has 8 bridgehead atoms. The first-order chi connectivity index (χ1) is 39.6. The number of allylic oxidation sites excluding steroid dienone is 1. The minimum Gasteiger partial charge on any atom is -0.477 e. The van der Waals surface area contributed by atoms with Gasteiger partial charge in [0.1, 0.15) is 11.6 Å². The molecule has 3 N–H and O–H groups in total. The summed E-state index contributed by atoms with van der Waals surface area (Å²) >= 11 is 3.21. The number of benzene rings is 3. The van der Waals surface area contributed by atoms with Gasteiger partial charge in [-0.3, -0.25) is 0 Å². The maximum atomic E-state index is 11.5. The van der Waals surface area contributed by atoms with Gasteiger partial charge in [0.05, 0.1) is 27.7 Å². The maximum Gasteiger partial charge on any atom is 0.347 e. The second kappa shape index (κ2) is 21.8. The summed E-state index contributed by atoms with van der Waals surface area (Å²) in [6.07, 6.45) is 9.93. The molecule has 85 heavy (non-hydrogen) atoms. The van der Waals surface area contributed by atoms with E-state index in [0.717, 1.165) is 109 Å². The van der Waals surface area contributed by atoms with Gasteiger partial charge in [0.2, 0.25) is 0 Å². The van der Waals surface area contributed by atoms with Crippen molar-refractivity contribution in [3.05, 3.63) is 176 Å². The Morgan fingerprint density at radius 3 is 1.07 bits per heavy atom. The van der Waals surface area contributed by atoms with Crippen LogP contribution in [-0.4, -0.2) is 31.0 Å². The molecule has 0 unspecified atom stereocenters. The number of carboxylic acids is 1. The van der Waals surface area contributed by atoms with Gasteiger partial charge in [-0.25, -0.2) is 14.8 Å². The lowest BCUT2D eigenvalue weighted by Gasteiger charge is -2.26. The molecule has 5 aromatic heterocycles. The highest BCUT2D eigenvalue weighted by molar-refractivity contribution is 7.24. The lowest BCUT2D eigenvalue weighted by molar-refractivity contribution is -0.132. The molecule has 0 saturated carbocycles. The van der Waals surface area contributed by atoms with Gasteiger partial charge in [0.15, 0.2) is 0 Å². The van der Waals surface area contributed by atoms with Crippen molar-refractivity contribution in [2.24, 2.45) is 0 Å². The predicted molar refractivity (Wildman–Crippen MR) is 362 cm³/mol. The Morgan fingerprint density at radius 2 is 0.741 bits per heavy atom. The van der Waals surface area contributed by atoms with Gasteiger partial charge in [-0.2, -0.15) is 5.26 Å². The van der Waals surface area contributed by atoms with E-state index in [2.05, 4.69) is 262 Å². The Hall–Kier alpha value is -8.08. The summed E-state index contributed by atoms with van der Waals surface area (Å²) in [5.41, 5.74) is 20.8. The van der Waals surface area contributed by atoms with Crippen molar-refractivity contribution in [3.63, 3.8) is 0 Å². The fourth-order valence-corrected chi connectivity index (χ4v) is 12.8. The van der Waals surface area contributed by atoms with E-state index in [0.29, 0.717) is 0 Å². The maximum absolute atomic E-state index is 11.5. The van der Waals surface area contributed by atoms with Crippen LogP contribution in [0.25, 0.3) is 99.9 Å². The molecule has 0 saturated heterocycles. The summed E-state index contributed by atoms with van der Waals surface area (Å²) in [5, 5.41) is 18.6. The van der Waals surface area contributed by atoms with Crippen molar-refractivity contribution < 1.29 is 9.90 Å². The third kappa shape index (κ3) is 12.5. The number of hydrogen-bond donors (Lipinski definition) is 3. The quantitative estimate of drug-likeness (QED) is 0.0871. The lowest BCUT2D eigenvalue weighted by atomic mass is 9.78. The summed E-state index contributed by atoms with van der Waals surface area (Å²) in [7, 11) is 0. The summed E-state index contributed by atoms with van der Waals surface area (Å²) in [4.78, 5) is 35.0. The Balaban J connectivity index is 1.36. The average molecular weight is 1160 g/mol. The van der Waals surface area contributed by atoms with E-state index in [1.807, 2.05) is 12.1 Å². The zero-order valence-electron chi connectivity index (χ0n) is 52.7. The van der Waals surface area contributed by atoms with Crippen LogP contribution >= 0.6 is 22.7 Å². The SMILES string of the molecule is CC(C)(C)c1cc(-c2c3nc(c(-c4cc(C(C)(C)C)cc(C(C)(C)C)c4)c4ccc([nH]4)c(-c4ccc(-c5ccc(C#C/C=C(/C#N)C(=O)O)s5)s4)c4nc(c(-c5cc(C(C)(C)C)cc(C(C)(C)C)c5)c5ccc2[nH]5)C=C4)C=C3)cc(C(C)(C)C)c1. The molecule has 2 aliphatic heterocycles. The molecule has 0 amide bonds. The predicted octanol–water partition coefficient (Wildman–Crippen LogP) is 20.8. The summed E-state index contributed by atoms with van der Waals surface area (Å²) < 4.78 is 0. The highest BCUT2D eigenvalue weighted by atomic mass is 32.1. The summed E-state index contributed by atoms with van der Waals surface area (Å²) in [6, 6.07) is 40.3. The number of rotatable bonds is 6. The standard InChI is InChI=1S/C76H79N5O2S2/c1-71(2,3)48-34-45(35-49(40-48)72(4,5)6)66-55-23-25-57(78-55)67(46-36-50(73(7,8)9)41-51(37-46)74(10,11)12)59-27-29-61(80-59)69(65-33-32-64(85-65)63-31-22-54(84-63)21-19-20-44(43-77)70(82)83)62-30-28-60(81-62)68(58-26-24-56(66)79-58)47-38-52(75(13,14)15)42-53(39-47)76(16,17)18/h20,22-42,78,81H,1-18H3,(H,82,83)/b44-20-,66-55?,66-56?,67-57?,67-59?,68-58?,68-60?,69-61?,69-62?. The molecule has 7 heterocycles. The molecule has 7 nitrogen and oxygen atoms in total. The van der Waals surface area contributed by atoms with Crippen molar-refractivity contribution in [2.75, 3.05) is 0 Å². The molecule has 0 spiro atoms. The first-order valence-electron chi connectivity index (χ1n) is 29.3. The number of aromatic nitrogens is 4. The van der Waals surface area contributed by atoms with E-state index >= 15 is 0 Å². The number of carboxylic acid groups (broad SMARTS) is 1. The topological polar surface area (TPSA) is 118 Å². The Bertz CT molecular complexity index is 4230. The van der Waals surface area contributed by atoms with Crippen molar-refractivity contribution in [3.8, 4) is 71.5 Å². The van der Waals surface area contributed by atoms with Gasteiger partial charge < -0.3 is 15.1 Å². The van der Waals surface area contributed by atoms with Crippen molar-refractivity contribution >= 4 is 75.0 Å². The number of nitrogens with one attached hydrogen (secondary N) is 2. The fourth-order valence-electron chi connectivity index (χ4n) is 10.8. The van der Waals surface area contributed by atoms with E-state index in [9.17, 15) is 15.2 Å². The molecule has 8 aromatic rings. The largest absolute Gasteiger partial charge is 0.477 e. The monoisotopic (exact) mass is 1160 g/mol. The van der Waals surface area contributed by atoms with Crippen LogP contribution in [0.5, 0.6) is 0 Å². The van der Waals surface area contributed by atoms with Crippen LogP contribution in [0.2, 0.25) is 0 Å². The lowest BCUT2D eigenvalue weighted by Crippen LogP contribution is -2.16. The second-order valence-electron chi connectivity index (χ2n) is 29.0. The smallest absolute Gasteiger partial charge is 0.347 e. The number of aromatic amines is 2. The van der Waals surface area contributed by atoms with Gasteiger partial charge >= 0.3 is 5.97 Å². The zero-order chi connectivity index (χ0) is 61.5. The Labute approximate surface area is 511 Å². The molecular weight excluding hydrogens is 1080 g/mol. The van der Waals surface area contributed by atoms with Crippen LogP contribution in [-0.2, 0) is 37.3 Å². The van der Waals surface area contributed by atoms with Gasteiger partial charge in [0, 0.05) is 65.0 Å². The molecule has 9 heteroatoms. The Kier molecular flexibility index (Phi) is 15.4. The van der Waals surface area contributed by atoms with Crippen molar-refractivity contribution in [1.82, 2.24) is 19.9 Å². The highest BCUT2D eigenvalue weighted by Crippen LogP contribution is 2.46. The number of hydrogen-bond acceptors (Lipinski definition) is 6. The molecule has 2 aliphatic rings. The number of thiophene rings is 2.